The number of aliphatic hydroxyl groups is 1. The molecule has 0 aliphatic heterocycles. The summed E-state index contributed by atoms with van der Waals surface area (Å²) < 4.78 is 0. The van der Waals surface area contributed by atoms with E-state index in [2.05, 4.69) is 33.8 Å². The topological polar surface area (TPSA) is 20.2 Å². The van der Waals surface area contributed by atoms with Crippen LogP contribution >= 0.6 is 0 Å². The molecule has 1 N–H and O–H groups in total. The fourth-order valence-corrected chi connectivity index (χ4v) is 3.90. The summed E-state index contributed by atoms with van der Waals surface area (Å²) in [5, 5.41) is 10.7. The molecule has 2 aliphatic carbocycles. The van der Waals surface area contributed by atoms with Crippen molar-refractivity contribution in [2.45, 2.75) is 59.5 Å². The third kappa shape index (κ3) is 1.73. The van der Waals surface area contributed by atoms with Gasteiger partial charge >= 0.3 is 0 Å². The molecule has 0 aromatic rings. The van der Waals surface area contributed by atoms with E-state index < -0.39 is 0 Å². The summed E-state index contributed by atoms with van der Waals surface area (Å²) in [6.07, 6.45) is 7.12. The molecule has 0 unspecified atom stereocenters. The highest BCUT2D eigenvalue weighted by Gasteiger charge is 2.49. The van der Waals surface area contributed by atoms with E-state index in [1.807, 2.05) is 0 Å². The Morgan fingerprint density at radius 2 is 2.06 bits per heavy atom. The molecule has 1 spiro atoms. The van der Waals surface area contributed by atoms with Crippen molar-refractivity contribution in [3.63, 3.8) is 0 Å². The van der Waals surface area contributed by atoms with Crippen LogP contribution in [0.2, 0.25) is 0 Å². The fourth-order valence-electron chi connectivity index (χ4n) is 3.90. The zero-order valence-corrected chi connectivity index (χ0v) is 11.2. The summed E-state index contributed by atoms with van der Waals surface area (Å²) in [6, 6.07) is 0. The highest BCUT2D eigenvalue weighted by molar-refractivity contribution is 5.20. The van der Waals surface area contributed by atoms with E-state index in [4.69, 9.17) is 0 Å². The van der Waals surface area contributed by atoms with Gasteiger partial charge in [-0.15, -0.1) is 0 Å². The Morgan fingerprint density at radius 3 is 2.56 bits per heavy atom. The Hall–Kier alpha value is -0.300. The molecule has 1 heteroatoms. The van der Waals surface area contributed by atoms with E-state index in [0.29, 0.717) is 17.8 Å². The summed E-state index contributed by atoms with van der Waals surface area (Å²) in [7, 11) is 0. The van der Waals surface area contributed by atoms with Gasteiger partial charge in [-0.3, -0.25) is 0 Å². The summed E-state index contributed by atoms with van der Waals surface area (Å²) >= 11 is 0. The molecule has 0 aromatic carbocycles. The molecule has 4 atom stereocenters. The molecule has 2 aliphatic rings. The Balaban J connectivity index is 2.28. The van der Waals surface area contributed by atoms with Gasteiger partial charge in [0.15, 0.2) is 0 Å². The number of rotatable bonds is 1. The van der Waals surface area contributed by atoms with E-state index in [9.17, 15) is 5.11 Å². The van der Waals surface area contributed by atoms with Crippen LogP contribution in [0, 0.1) is 23.2 Å². The minimum atomic E-state index is -0.117. The van der Waals surface area contributed by atoms with Crippen LogP contribution in [0.4, 0.5) is 0 Å². The van der Waals surface area contributed by atoms with Gasteiger partial charge in [-0.25, -0.2) is 0 Å². The number of hydrogen-bond donors (Lipinski definition) is 1. The van der Waals surface area contributed by atoms with Crippen molar-refractivity contribution in [1.82, 2.24) is 0 Å². The van der Waals surface area contributed by atoms with Crippen LogP contribution in [-0.2, 0) is 0 Å². The molecule has 1 nitrogen and oxygen atoms in total. The van der Waals surface area contributed by atoms with Crippen molar-refractivity contribution in [1.29, 1.82) is 0 Å². The summed E-state index contributed by atoms with van der Waals surface area (Å²) in [6.45, 7) is 9.05. The van der Waals surface area contributed by atoms with Crippen molar-refractivity contribution in [3.8, 4) is 0 Å². The smallest absolute Gasteiger partial charge is 0.0664 e. The van der Waals surface area contributed by atoms with Crippen LogP contribution in [0.25, 0.3) is 0 Å². The number of hydrogen-bond acceptors (Lipinski definition) is 1. The largest absolute Gasteiger partial charge is 0.392 e. The van der Waals surface area contributed by atoms with Gasteiger partial charge in [0.25, 0.3) is 0 Å². The molecule has 0 heterocycles. The predicted octanol–water partition coefficient (Wildman–Crippen LogP) is 3.78. The highest BCUT2D eigenvalue weighted by atomic mass is 16.3. The van der Waals surface area contributed by atoms with E-state index in [-0.39, 0.29) is 11.5 Å². The molecule has 0 saturated heterocycles. The van der Waals surface area contributed by atoms with Gasteiger partial charge in [0.05, 0.1) is 6.10 Å². The summed E-state index contributed by atoms with van der Waals surface area (Å²) in [4.78, 5) is 0. The maximum Gasteiger partial charge on any atom is 0.0664 e. The predicted molar refractivity (Wildman–Crippen MR) is 68.2 cm³/mol. The van der Waals surface area contributed by atoms with Crippen LogP contribution in [0.3, 0.4) is 0 Å². The summed E-state index contributed by atoms with van der Waals surface area (Å²) in [5.41, 5.74) is 1.59. The van der Waals surface area contributed by atoms with Crippen molar-refractivity contribution in [2.75, 3.05) is 0 Å². The first-order valence-corrected chi connectivity index (χ1v) is 6.84. The number of allylic oxidation sites excluding steroid dienone is 1. The second kappa shape index (κ2) is 4.18. The van der Waals surface area contributed by atoms with Crippen molar-refractivity contribution >= 4 is 0 Å². The first-order valence-electron chi connectivity index (χ1n) is 6.84. The SMILES string of the molecule is CC1=C[C@]2(CC1)[C@H](O)[C@@H](C(C)C)CC[C@@H]2C. The van der Waals surface area contributed by atoms with Gasteiger partial charge < -0.3 is 5.11 Å². The van der Waals surface area contributed by atoms with E-state index in [1.54, 1.807) is 0 Å². The van der Waals surface area contributed by atoms with Crippen LogP contribution in [0.1, 0.15) is 53.4 Å². The van der Waals surface area contributed by atoms with Gasteiger partial charge in [0, 0.05) is 5.41 Å². The van der Waals surface area contributed by atoms with E-state index in [1.165, 1.54) is 31.3 Å². The molecule has 92 valence electrons. The van der Waals surface area contributed by atoms with E-state index >= 15 is 0 Å². The molecule has 0 bridgehead atoms. The lowest BCUT2D eigenvalue weighted by atomic mass is 9.59. The van der Waals surface area contributed by atoms with Crippen LogP contribution in [0.15, 0.2) is 11.6 Å². The quantitative estimate of drug-likeness (QED) is 0.669. The maximum atomic E-state index is 10.7. The Bertz CT molecular complexity index is 292. The lowest BCUT2D eigenvalue weighted by molar-refractivity contribution is -0.0704. The minimum absolute atomic E-state index is 0.108. The highest BCUT2D eigenvalue weighted by Crippen LogP contribution is 2.53. The van der Waals surface area contributed by atoms with Gasteiger partial charge in [-0.05, 0) is 50.4 Å². The Morgan fingerprint density at radius 1 is 1.38 bits per heavy atom. The number of aliphatic hydroxyl groups excluding tert-OH is 1. The Labute approximate surface area is 99.9 Å². The molecule has 16 heavy (non-hydrogen) atoms. The maximum absolute atomic E-state index is 10.7. The molecular formula is C15H26O. The van der Waals surface area contributed by atoms with E-state index in [0.717, 1.165) is 0 Å². The van der Waals surface area contributed by atoms with Gasteiger partial charge in [-0.1, -0.05) is 32.4 Å². The lowest BCUT2D eigenvalue weighted by Crippen LogP contribution is -2.48. The third-order valence-corrected chi connectivity index (χ3v) is 5.13. The molecule has 0 aromatic heterocycles. The first-order chi connectivity index (χ1) is 7.47. The first kappa shape index (κ1) is 12.2. The second-order valence-corrected chi connectivity index (χ2v) is 6.43. The van der Waals surface area contributed by atoms with Crippen LogP contribution < -0.4 is 0 Å². The van der Waals surface area contributed by atoms with Crippen LogP contribution in [-0.4, -0.2) is 11.2 Å². The summed E-state index contributed by atoms with van der Waals surface area (Å²) in [5.74, 6) is 1.75. The second-order valence-electron chi connectivity index (χ2n) is 6.43. The zero-order chi connectivity index (χ0) is 11.9. The molecule has 1 fully saturated rings. The average Bonchev–Trinajstić information content (AvgIpc) is 2.59. The lowest BCUT2D eigenvalue weighted by Gasteiger charge is -2.48. The average molecular weight is 222 g/mol. The molecule has 0 amide bonds. The molecule has 2 rings (SSSR count). The van der Waals surface area contributed by atoms with Crippen molar-refractivity contribution in [2.24, 2.45) is 23.2 Å². The molecule has 0 radical (unpaired) electrons. The fraction of sp³-hybridized carbons (Fsp3) is 0.867. The van der Waals surface area contributed by atoms with Gasteiger partial charge in [-0.2, -0.15) is 0 Å². The van der Waals surface area contributed by atoms with Gasteiger partial charge in [0.2, 0.25) is 0 Å². The monoisotopic (exact) mass is 222 g/mol. The zero-order valence-electron chi connectivity index (χ0n) is 11.2. The molecular weight excluding hydrogens is 196 g/mol. The van der Waals surface area contributed by atoms with Crippen LogP contribution in [0.5, 0.6) is 0 Å². The molecule has 1 saturated carbocycles. The Kier molecular flexibility index (Phi) is 3.18. The van der Waals surface area contributed by atoms with Crippen molar-refractivity contribution < 1.29 is 5.11 Å². The normalized spacial score (nSPS) is 44.1. The standard InChI is InChI=1S/C15H26O/c1-10(2)13-6-5-12(4)15(14(13)16)8-7-11(3)9-15/h9-10,12-14,16H,5-8H2,1-4H3/t12-,13+,14+,15-/m0/s1. The third-order valence-electron chi connectivity index (χ3n) is 5.13. The van der Waals surface area contributed by atoms with Gasteiger partial charge in [0.1, 0.15) is 0 Å². The minimum Gasteiger partial charge on any atom is -0.392 e. The van der Waals surface area contributed by atoms with Crippen molar-refractivity contribution in [3.05, 3.63) is 11.6 Å².